The molecule has 1 amide bonds. The van der Waals surface area contributed by atoms with E-state index >= 15 is 0 Å². The summed E-state index contributed by atoms with van der Waals surface area (Å²) in [5.41, 5.74) is -0.751. The van der Waals surface area contributed by atoms with Crippen molar-refractivity contribution in [2.75, 3.05) is 0 Å². The zero-order valence-electron chi connectivity index (χ0n) is 20.7. The van der Waals surface area contributed by atoms with E-state index in [2.05, 4.69) is 26.1 Å². The lowest BCUT2D eigenvalue weighted by atomic mass is 10.2. The number of amides is 1. The van der Waals surface area contributed by atoms with Gasteiger partial charge in [-0.15, -0.1) is 0 Å². The number of nitrogens with one attached hydrogen (secondary N) is 1. The highest BCUT2D eigenvalue weighted by molar-refractivity contribution is 6.99. The molecule has 0 unspecified atom stereocenters. The predicted octanol–water partition coefficient (Wildman–Crippen LogP) is 1.92. The molecule has 8 heteroatoms. The van der Waals surface area contributed by atoms with Crippen LogP contribution >= 0.6 is 0 Å². The van der Waals surface area contributed by atoms with Gasteiger partial charge < -0.3 is 29.8 Å². The van der Waals surface area contributed by atoms with E-state index in [9.17, 15) is 20.1 Å². The van der Waals surface area contributed by atoms with Crippen molar-refractivity contribution in [3.05, 3.63) is 60.7 Å². The third kappa shape index (κ3) is 5.21. The van der Waals surface area contributed by atoms with Crippen LogP contribution in [-0.4, -0.2) is 65.8 Å². The normalized spacial score (nSPS) is 25.7. The number of carbonyl (C=O) groups excluding carboxylic acids is 1. The van der Waals surface area contributed by atoms with Crippen molar-refractivity contribution in [2.45, 2.75) is 82.6 Å². The van der Waals surface area contributed by atoms with Crippen molar-refractivity contribution in [2.24, 2.45) is 0 Å². The van der Waals surface area contributed by atoms with Crippen LogP contribution < -0.4 is 15.7 Å². The summed E-state index contributed by atoms with van der Waals surface area (Å²) < 4.78 is 12.3. The van der Waals surface area contributed by atoms with Crippen molar-refractivity contribution in [1.82, 2.24) is 5.32 Å². The number of ether oxygens (including phenoxy) is 1. The number of rotatable bonds is 5. The zero-order valence-corrected chi connectivity index (χ0v) is 21.7. The Morgan fingerprint density at radius 3 is 1.68 bits per heavy atom. The molecule has 0 aromatic heterocycles. The largest absolute Gasteiger partial charge is 0.444 e. The molecule has 0 spiro atoms. The topological polar surface area (TPSA) is 108 Å². The highest BCUT2D eigenvalue weighted by atomic mass is 28.4. The minimum atomic E-state index is -3.13. The molecule has 1 fully saturated rings. The lowest BCUT2D eigenvalue weighted by Gasteiger charge is -2.46. The first-order chi connectivity index (χ1) is 15.8. The Hall–Kier alpha value is -2.23. The van der Waals surface area contributed by atoms with Crippen LogP contribution in [0.3, 0.4) is 0 Å². The standard InChI is InChI=1S/C26H37NO6Si/c1-25(2,3)32-24(31)27-19-20(28)21(29)22(30)23(19)33-34(26(4,5)6,17-13-9-7-10-14-17)18-15-11-8-12-16-18/h7-16,19-23,28-30H,1-6H3,(H,27,31)/t19-,20-,21-,22-,23-/m0/s1. The van der Waals surface area contributed by atoms with E-state index in [1.54, 1.807) is 20.8 Å². The molecular weight excluding hydrogens is 450 g/mol. The van der Waals surface area contributed by atoms with Gasteiger partial charge in [-0.2, -0.15) is 0 Å². The third-order valence-corrected chi connectivity index (χ3v) is 11.2. The van der Waals surface area contributed by atoms with Gasteiger partial charge in [0, 0.05) is 0 Å². The maximum absolute atomic E-state index is 12.6. The van der Waals surface area contributed by atoms with Crippen LogP contribution in [0, 0.1) is 0 Å². The summed E-state index contributed by atoms with van der Waals surface area (Å²) in [5, 5.41) is 36.4. The molecule has 5 atom stereocenters. The molecule has 1 saturated carbocycles. The minimum absolute atomic E-state index is 0.398. The highest BCUT2D eigenvalue weighted by Gasteiger charge is 2.58. The number of benzene rings is 2. The van der Waals surface area contributed by atoms with Crippen molar-refractivity contribution in [3.8, 4) is 0 Å². The van der Waals surface area contributed by atoms with E-state index in [0.29, 0.717) is 0 Å². The average molecular weight is 488 g/mol. The quantitative estimate of drug-likeness (QED) is 0.480. The van der Waals surface area contributed by atoms with Crippen molar-refractivity contribution >= 4 is 24.8 Å². The van der Waals surface area contributed by atoms with Gasteiger partial charge in [0.25, 0.3) is 8.32 Å². The highest BCUT2D eigenvalue weighted by Crippen LogP contribution is 2.40. The Kier molecular flexibility index (Phi) is 7.59. The van der Waals surface area contributed by atoms with Gasteiger partial charge in [0.05, 0.1) is 12.1 Å². The molecule has 0 radical (unpaired) electrons. The van der Waals surface area contributed by atoms with Crippen molar-refractivity contribution < 1.29 is 29.3 Å². The zero-order chi connectivity index (χ0) is 25.3. The number of hydrogen-bond donors (Lipinski definition) is 4. The Labute approximate surface area is 202 Å². The molecule has 1 aliphatic carbocycles. The Morgan fingerprint density at radius 1 is 0.794 bits per heavy atom. The number of aliphatic hydroxyl groups is 3. The minimum Gasteiger partial charge on any atom is -0.444 e. The van der Waals surface area contributed by atoms with Gasteiger partial charge in [-0.1, -0.05) is 81.4 Å². The lowest BCUT2D eigenvalue weighted by molar-refractivity contribution is -0.0383. The Balaban J connectivity index is 2.11. The molecule has 3 rings (SSSR count). The van der Waals surface area contributed by atoms with Crippen molar-refractivity contribution in [3.63, 3.8) is 0 Å². The summed E-state index contributed by atoms with van der Waals surface area (Å²) in [6, 6.07) is 18.6. The first-order valence-electron chi connectivity index (χ1n) is 11.6. The summed E-state index contributed by atoms with van der Waals surface area (Å²) in [4.78, 5) is 12.6. The first kappa shape index (κ1) is 26.4. The molecule has 4 N–H and O–H groups in total. The molecule has 0 saturated heterocycles. The molecule has 1 aliphatic rings. The Morgan fingerprint density at radius 2 is 1.26 bits per heavy atom. The van der Waals surface area contributed by atoms with Gasteiger partial charge in [-0.05, 0) is 36.2 Å². The van der Waals surface area contributed by atoms with E-state index in [0.717, 1.165) is 10.4 Å². The van der Waals surface area contributed by atoms with Gasteiger partial charge in [-0.25, -0.2) is 4.79 Å². The third-order valence-electron chi connectivity index (χ3n) is 6.17. The molecule has 2 aromatic carbocycles. The number of carbonyl (C=O) groups is 1. The fourth-order valence-corrected chi connectivity index (χ4v) is 9.37. The van der Waals surface area contributed by atoms with Crippen molar-refractivity contribution in [1.29, 1.82) is 0 Å². The van der Waals surface area contributed by atoms with E-state index < -0.39 is 55.5 Å². The smallest absolute Gasteiger partial charge is 0.408 e. The fourth-order valence-electron chi connectivity index (χ4n) is 4.67. The van der Waals surface area contributed by atoms with E-state index in [4.69, 9.17) is 9.16 Å². The second-order valence-electron chi connectivity index (χ2n) is 10.9. The first-order valence-corrected chi connectivity index (χ1v) is 13.5. The number of alkyl carbamates (subject to hydrolysis) is 1. The second kappa shape index (κ2) is 9.79. The van der Waals surface area contributed by atoms with Gasteiger partial charge >= 0.3 is 6.09 Å². The van der Waals surface area contributed by atoms with Crippen LogP contribution in [0.5, 0.6) is 0 Å². The molecule has 0 heterocycles. The molecule has 186 valence electrons. The molecule has 0 aliphatic heterocycles. The second-order valence-corrected chi connectivity index (χ2v) is 15.1. The van der Waals surface area contributed by atoms with Crippen LogP contribution in [0.2, 0.25) is 5.04 Å². The number of aliphatic hydroxyl groups excluding tert-OH is 3. The number of hydrogen-bond acceptors (Lipinski definition) is 6. The summed E-state index contributed by atoms with van der Waals surface area (Å²) in [6.07, 6.45) is -6.14. The van der Waals surface area contributed by atoms with Gasteiger partial charge in [0.1, 0.15) is 23.9 Å². The van der Waals surface area contributed by atoms with Gasteiger partial charge in [0.15, 0.2) is 0 Å². The maximum Gasteiger partial charge on any atom is 0.408 e. The molecule has 2 aromatic rings. The lowest BCUT2D eigenvalue weighted by Crippen LogP contribution is -2.69. The molecule has 34 heavy (non-hydrogen) atoms. The van der Waals surface area contributed by atoms with Gasteiger partial charge in [0.2, 0.25) is 0 Å². The molecule has 7 nitrogen and oxygen atoms in total. The average Bonchev–Trinajstić information content (AvgIpc) is 2.94. The predicted molar refractivity (Wildman–Crippen MR) is 134 cm³/mol. The van der Waals surface area contributed by atoms with Crippen LogP contribution in [0.15, 0.2) is 60.7 Å². The van der Waals surface area contributed by atoms with Crippen LogP contribution in [0.4, 0.5) is 4.79 Å². The van der Waals surface area contributed by atoms with Crippen LogP contribution in [0.1, 0.15) is 41.5 Å². The monoisotopic (exact) mass is 487 g/mol. The summed E-state index contributed by atoms with van der Waals surface area (Å²) in [7, 11) is -3.13. The van der Waals surface area contributed by atoms with E-state index in [1.165, 1.54) is 0 Å². The summed E-state index contributed by atoms with van der Waals surface area (Å²) in [6.45, 7) is 11.5. The van der Waals surface area contributed by atoms with Crippen LogP contribution in [0.25, 0.3) is 0 Å². The SMILES string of the molecule is CC(C)(C)OC(=O)N[C@H]1[C@H](O)[C@H](O)[C@H](O)[C@H]1O[Si](c1ccccc1)(c1ccccc1)C(C)(C)C. The van der Waals surface area contributed by atoms with E-state index in [-0.39, 0.29) is 0 Å². The fraction of sp³-hybridized carbons (Fsp3) is 0.500. The molecular formula is C26H37NO6Si. The van der Waals surface area contributed by atoms with Crippen LogP contribution in [-0.2, 0) is 9.16 Å². The Bertz CT molecular complexity index is 917. The summed E-state index contributed by atoms with van der Waals surface area (Å²) in [5.74, 6) is 0. The summed E-state index contributed by atoms with van der Waals surface area (Å²) >= 11 is 0. The van der Waals surface area contributed by atoms with Gasteiger partial charge in [-0.3, -0.25) is 0 Å². The maximum atomic E-state index is 12.6. The van der Waals surface area contributed by atoms with E-state index in [1.807, 2.05) is 60.7 Å². The molecule has 0 bridgehead atoms.